The lowest BCUT2D eigenvalue weighted by Gasteiger charge is -2.22. The van der Waals surface area contributed by atoms with Crippen molar-refractivity contribution in [3.05, 3.63) is 12.2 Å². The van der Waals surface area contributed by atoms with Crippen molar-refractivity contribution in [1.82, 2.24) is 5.32 Å². The van der Waals surface area contributed by atoms with Gasteiger partial charge in [-0.05, 0) is 26.3 Å². The van der Waals surface area contributed by atoms with Gasteiger partial charge in [-0.1, -0.05) is 6.58 Å². The fraction of sp³-hybridized carbons (Fsp3) is 0.692. The van der Waals surface area contributed by atoms with Crippen molar-refractivity contribution in [2.75, 3.05) is 33.6 Å². The number of amides is 1. The van der Waals surface area contributed by atoms with Crippen molar-refractivity contribution in [2.24, 2.45) is 0 Å². The van der Waals surface area contributed by atoms with E-state index in [-0.39, 0.29) is 13.2 Å². The Labute approximate surface area is 126 Å². The first kappa shape index (κ1) is 19.6. The van der Waals surface area contributed by atoms with Gasteiger partial charge in [0.1, 0.15) is 0 Å². The fourth-order valence-electron chi connectivity index (χ4n) is 1.17. The van der Waals surface area contributed by atoms with E-state index >= 15 is 0 Å². The van der Waals surface area contributed by atoms with Crippen LogP contribution >= 0.6 is 0 Å². The molecule has 0 aromatic carbocycles. The summed E-state index contributed by atoms with van der Waals surface area (Å²) in [6.07, 6.45) is 1.03. The molecule has 122 valence electrons. The Morgan fingerprint density at radius 3 is 2.10 bits per heavy atom. The number of carbonyl (C=O) groups excluding carboxylic acids is 2. The Hall–Kier alpha value is -1.38. The fourth-order valence-corrected chi connectivity index (χ4v) is 2.09. The first-order chi connectivity index (χ1) is 9.84. The highest BCUT2D eigenvalue weighted by Crippen LogP contribution is 2.02. The predicted molar refractivity (Wildman–Crippen MR) is 80.0 cm³/mol. The van der Waals surface area contributed by atoms with Gasteiger partial charge in [0.05, 0.1) is 19.4 Å². The highest BCUT2D eigenvalue weighted by Gasteiger charge is 2.29. The Balaban J connectivity index is 3.63. The standard InChI is InChI=1S/C13H25NO6Si/c1-11(2)12(15)19-8-6-7-9-20-13(16)14-10-21(5,17-3)18-4/h1,6-10H2,2-5H3,(H,14,16). The van der Waals surface area contributed by atoms with Gasteiger partial charge in [-0.2, -0.15) is 0 Å². The number of hydrogen-bond donors (Lipinski definition) is 1. The van der Waals surface area contributed by atoms with Gasteiger partial charge in [-0.15, -0.1) is 0 Å². The van der Waals surface area contributed by atoms with Crippen LogP contribution in [0.15, 0.2) is 12.2 Å². The van der Waals surface area contributed by atoms with Crippen molar-refractivity contribution in [3.63, 3.8) is 0 Å². The minimum absolute atomic E-state index is 0.259. The molecule has 0 unspecified atom stereocenters. The zero-order valence-electron chi connectivity index (χ0n) is 13.2. The van der Waals surface area contributed by atoms with Crippen molar-refractivity contribution < 1.29 is 27.9 Å². The first-order valence-electron chi connectivity index (χ1n) is 6.68. The zero-order valence-corrected chi connectivity index (χ0v) is 14.2. The summed E-state index contributed by atoms with van der Waals surface area (Å²) in [6, 6.07) is 0. The van der Waals surface area contributed by atoms with Crippen molar-refractivity contribution in [1.29, 1.82) is 0 Å². The maximum atomic E-state index is 11.4. The van der Waals surface area contributed by atoms with E-state index in [0.29, 0.717) is 24.6 Å². The van der Waals surface area contributed by atoms with Crippen molar-refractivity contribution in [2.45, 2.75) is 26.3 Å². The van der Waals surface area contributed by atoms with Gasteiger partial charge in [-0.25, -0.2) is 9.59 Å². The summed E-state index contributed by atoms with van der Waals surface area (Å²) in [7, 11) is 0.780. The van der Waals surface area contributed by atoms with Gasteiger partial charge in [0, 0.05) is 19.8 Å². The second-order valence-electron chi connectivity index (χ2n) is 4.65. The largest absolute Gasteiger partial charge is 0.462 e. The third-order valence-corrected chi connectivity index (χ3v) is 5.32. The second-order valence-corrected chi connectivity index (χ2v) is 8.09. The van der Waals surface area contributed by atoms with Gasteiger partial charge in [0.25, 0.3) is 0 Å². The molecule has 1 N–H and O–H groups in total. The van der Waals surface area contributed by atoms with Crippen LogP contribution in [0.2, 0.25) is 6.55 Å². The number of carbonyl (C=O) groups is 2. The molecule has 0 rings (SSSR count). The maximum absolute atomic E-state index is 11.4. The summed E-state index contributed by atoms with van der Waals surface area (Å²) in [6.45, 7) is 7.45. The molecule has 0 saturated heterocycles. The number of nitrogens with one attached hydrogen (secondary N) is 1. The summed E-state index contributed by atoms with van der Waals surface area (Å²) >= 11 is 0. The molecule has 8 heteroatoms. The number of alkyl carbamates (subject to hydrolysis) is 1. The third-order valence-electron chi connectivity index (χ3n) is 2.77. The van der Waals surface area contributed by atoms with E-state index in [0.717, 1.165) is 0 Å². The number of ether oxygens (including phenoxy) is 2. The van der Waals surface area contributed by atoms with E-state index in [4.69, 9.17) is 18.3 Å². The number of unbranched alkanes of at least 4 members (excludes halogenated alkanes) is 1. The van der Waals surface area contributed by atoms with Crippen LogP contribution in [0.1, 0.15) is 19.8 Å². The highest BCUT2D eigenvalue weighted by atomic mass is 28.4. The number of esters is 1. The lowest BCUT2D eigenvalue weighted by Crippen LogP contribution is -2.48. The van der Waals surface area contributed by atoms with Crippen LogP contribution in [0.5, 0.6) is 0 Å². The van der Waals surface area contributed by atoms with Gasteiger partial charge in [0.2, 0.25) is 0 Å². The zero-order chi connectivity index (χ0) is 16.3. The lowest BCUT2D eigenvalue weighted by atomic mass is 10.3. The van der Waals surface area contributed by atoms with E-state index in [2.05, 4.69) is 11.9 Å². The van der Waals surface area contributed by atoms with E-state index in [1.54, 1.807) is 21.1 Å². The Morgan fingerprint density at radius 1 is 1.10 bits per heavy atom. The topological polar surface area (TPSA) is 83.1 Å². The molecule has 0 aliphatic rings. The van der Waals surface area contributed by atoms with Crippen LogP contribution in [-0.2, 0) is 23.1 Å². The average molecular weight is 319 g/mol. The normalized spacial score (nSPS) is 10.9. The summed E-state index contributed by atoms with van der Waals surface area (Å²) in [4.78, 5) is 22.5. The minimum atomic E-state index is -2.32. The van der Waals surface area contributed by atoms with E-state index in [9.17, 15) is 9.59 Å². The quantitative estimate of drug-likeness (QED) is 0.284. The van der Waals surface area contributed by atoms with Crippen LogP contribution in [0.3, 0.4) is 0 Å². The highest BCUT2D eigenvalue weighted by molar-refractivity contribution is 6.66. The molecule has 7 nitrogen and oxygen atoms in total. The molecule has 0 aromatic heterocycles. The molecular formula is C13H25NO6Si. The SMILES string of the molecule is C=C(C)C(=O)OCCCCOC(=O)NC[Si](C)(OC)OC. The molecule has 0 saturated carbocycles. The number of hydrogen-bond acceptors (Lipinski definition) is 6. The van der Waals surface area contributed by atoms with Crippen LogP contribution in [0.4, 0.5) is 4.79 Å². The van der Waals surface area contributed by atoms with Crippen molar-refractivity contribution in [3.8, 4) is 0 Å². The predicted octanol–water partition coefficient (Wildman–Crippen LogP) is 1.52. The minimum Gasteiger partial charge on any atom is -0.462 e. The summed E-state index contributed by atoms with van der Waals surface area (Å²) in [5.41, 5.74) is 0.370. The molecule has 21 heavy (non-hydrogen) atoms. The Morgan fingerprint density at radius 2 is 1.62 bits per heavy atom. The summed E-state index contributed by atoms with van der Waals surface area (Å²) in [5.74, 6) is -0.406. The Bertz CT molecular complexity index is 357. The molecule has 0 aliphatic carbocycles. The van der Waals surface area contributed by atoms with Gasteiger partial charge in [0.15, 0.2) is 0 Å². The third kappa shape index (κ3) is 9.22. The van der Waals surface area contributed by atoms with E-state index in [1.807, 2.05) is 6.55 Å². The van der Waals surface area contributed by atoms with E-state index in [1.165, 1.54) is 0 Å². The number of rotatable bonds is 10. The van der Waals surface area contributed by atoms with E-state index < -0.39 is 20.6 Å². The molecule has 0 radical (unpaired) electrons. The molecule has 1 amide bonds. The molecular weight excluding hydrogens is 294 g/mol. The van der Waals surface area contributed by atoms with Crippen LogP contribution in [0.25, 0.3) is 0 Å². The van der Waals surface area contributed by atoms with Crippen LogP contribution < -0.4 is 5.32 Å². The molecule has 0 spiro atoms. The summed E-state index contributed by atoms with van der Waals surface area (Å²) in [5, 5.41) is 2.60. The molecule has 0 heterocycles. The lowest BCUT2D eigenvalue weighted by molar-refractivity contribution is -0.139. The van der Waals surface area contributed by atoms with Gasteiger partial charge in [-0.3, -0.25) is 0 Å². The van der Waals surface area contributed by atoms with Crippen molar-refractivity contribution >= 4 is 20.6 Å². The average Bonchev–Trinajstić information content (AvgIpc) is 2.47. The molecule has 0 fully saturated rings. The molecule has 0 aliphatic heterocycles. The molecule has 0 bridgehead atoms. The van der Waals surface area contributed by atoms with Gasteiger partial charge < -0.3 is 23.6 Å². The molecule has 0 aromatic rings. The van der Waals surface area contributed by atoms with Gasteiger partial charge >= 0.3 is 20.6 Å². The Kier molecular flexibility index (Phi) is 9.68. The van der Waals surface area contributed by atoms with Crippen LogP contribution in [0, 0.1) is 0 Å². The molecule has 0 atom stereocenters. The van der Waals surface area contributed by atoms with Crippen LogP contribution in [-0.4, -0.2) is 54.2 Å². The first-order valence-corrected chi connectivity index (χ1v) is 9.20. The monoisotopic (exact) mass is 319 g/mol. The second kappa shape index (κ2) is 10.4. The maximum Gasteiger partial charge on any atom is 0.407 e. The smallest absolute Gasteiger partial charge is 0.407 e. The summed E-state index contributed by atoms with van der Waals surface area (Å²) < 4.78 is 20.3.